The highest BCUT2D eigenvalue weighted by Gasteiger charge is 2.70. The van der Waals surface area contributed by atoms with E-state index in [9.17, 15) is 52.9 Å². The fraction of sp³-hybridized carbons (Fsp3) is 0.275. The molecule has 3 heterocycles. The van der Waals surface area contributed by atoms with Crippen molar-refractivity contribution in [3.05, 3.63) is 130 Å². The number of carbonyl (C=O) groups excluding carboxylic acids is 4. The number of nitrogens with one attached hydrogen (secondary N) is 1. The van der Waals surface area contributed by atoms with E-state index in [-0.39, 0.29) is 45.5 Å². The van der Waals surface area contributed by atoms with E-state index in [1.54, 1.807) is 6.08 Å². The van der Waals surface area contributed by atoms with Gasteiger partial charge >= 0.3 is 17.6 Å². The molecule has 22 heteroatoms. The number of amides is 4. The Hall–Kier alpha value is -6.31. The molecule has 2 saturated heterocycles. The monoisotopic (exact) mass is 913 g/mol. The maximum absolute atomic E-state index is 15.4. The number of benzene rings is 3. The molecular formula is C40H29Cl3F3N7O9. The third kappa shape index (κ3) is 6.39. The predicted molar refractivity (Wildman–Crippen MR) is 217 cm³/mol. The van der Waals surface area contributed by atoms with Gasteiger partial charge in [0.25, 0.3) is 11.8 Å². The number of aromatic hydroxyl groups is 1. The fourth-order valence-corrected chi connectivity index (χ4v) is 10.2. The van der Waals surface area contributed by atoms with Crippen LogP contribution in [0.15, 0.2) is 78.5 Å². The molecule has 1 saturated carbocycles. The number of phenols is 1. The van der Waals surface area contributed by atoms with E-state index < -0.39 is 108 Å². The van der Waals surface area contributed by atoms with Gasteiger partial charge in [-0.15, -0.1) is 0 Å². The van der Waals surface area contributed by atoms with E-state index in [0.717, 1.165) is 17.0 Å². The summed E-state index contributed by atoms with van der Waals surface area (Å²) in [7, 11) is 2.71. The standard InChI is InChI=1S/C40H29Cl3F3N7O9/c1-49(2)33-29(52(59)60)12-20(13-30(33)53(61)62)50-35(55)24-10-9-22-25(31(24)37(50)57)15-26-36(56)51(48-34-28(43)11-18(16-47-34)40(44,45)46)38(58)39(26,17-3-5-19(41)6-4-17)32(22)23-8-7-21(54)14-27(23)42/h3-9,11-14,16,24-26,31-32,54H,10,15H2,1-2H3,(H,47,48). The lowest BCUT2D eigenvalue weighted by Crippen LogP contribution is -2.53. The van der Waals surface area contributed by atoms with Crippen molar-refractivity contribution in [2.75, 3.05) is 29.3 Å². The van der Waals surface area contributed by atoms with Crippen LogP contribution >= 0.6 is 34.8 Å². The molecule has 4 aliphatic rings. The van der Waals surface area contributed by atoms with Crippen LogP contribution in [0.3, 0.4) is 0 Å². The number of rotatable bonds is 8. The van der Waals surface area contributed by atoms with Gasteiger partial charge in [-0.1, -0.05) is 64.7 Å². The topological polar surface area (TPSA) is 209 Å². The highest BCUT2D eigenvalue weighted by atomic mass is 35.5. The minimum Gasteiger partial charge on any atom is -0.508 e. The molecule has 0 spiro atoms. The van der Waals surface area contributed by atoms with Gasteiger partial charge in [0.15, 0.2) is 11.5 Å². The maximum Gasteiger partial charge on any atom is 0.417 e. The molecule has 320 valence electrons. The van der Waals surface area contributed by atoms with Gasteiger partial charge in [0.2, 0.25) is 11.8 Å². The number of imide groups is 2. The van der Waals surface area contributed by atoms with Gasteiger partial charge in [0.1, 0.15) is 5.75 Å². The first-order chi connectivity index (χ1) is 29.2. The highest BCUT2D eigenvalue weighted by molar-refractivity contribution is 6.33. The van der Waals surface area contributed by atoms with E-state index in [2.05, 4.69) is 10.4 Å². The minimum absolute atomic E-state index is 0.0547. The number of alkyl halides is 3. The van der Waals surface area contributed by atoms with E-state index >= 15 is 4.79 Å². The van der Waals surface area contributed by atoms with Crippen molar-refractivity contribution in [1.82, 2.24) is 9.99 Å². The molecule has 2 aliphatic carbocycles. The molecule has 4 amide bonds. The zero-order valence-corrected chi connectivity index (χ0v) is 34.2. The first kappa shape index (κ1) is 42.4. The lowest BCUT2D eigenvalue weighted by Gasteiger charge is -2.50. The fourth-order valence-electron chi connectivity index (χ4n) is 9.59. The Labute approximate surface area is 362 Å². The van der Waals surface area contributed by atoms with E-state index in [4.69, 9.17) is 34.8 Å². The second-order valence-corrected chi connectivity index (χ2v) is 16.6. The summed E-state index contributed by atoms with van der Waals surface area (Å²) >= 11 is 19.4. The van der Waals surface area contributed by atoms with Crippen LogP contribution in [-0.2, 0) is 30.8 Å². The second-order valence-electron chi connectivity index (χ2n) is 15.4. The molecular weight excluding hydrogens is 886 g/mol. The van der Waals surface area contributed by atoms with Gasteiger partial charge in [-0.3, -0.25) is 44.8 Å². The smallest absolute Gasteiger partial charge is 0.417 e. The number of hydrazine groups is 1. The molecule has 6 atom stereocenters. The molecule has 2 N–H and O–H groups in total. The number of halogens is 6. The van der Waals surface area contributed by atoms with Gasteiger partial charge in [-0.05, 0) is 60.2 Å². The SMILES string of the molecule is CN(C)c1c([N+](=O)[O-])cc(N2C(=O)C3CC=C4C(CC5C(=O)N(Nc6ncc(C(F)(F)F)cc6Cl)C(=O)C5(c5ccc(Cl)cc5)C4c4ccc(O)cc4Cl)C3C2=O)cc1[N+](=O)[O-]. The second kappa shape index (κ2) is 14.9. The van der Waals surface area contributed by atoms with E-state index in [1.165, 1.54) is 56.6 Å². The van der Waals surface area contributed by atoms with Gasteiger partial charge in [0.05, 0.1) is 49.3 Å². The third-order valence-electron chi connectivity index (χ3n) is 12.0. The summed E-state index contributed by atoms with van der Waals surface area (Å²) in [5.41, 5.74) is -2.07. The molecule has 2 aliphatic heterocycles. The molecule has 4 aromatic rings. The molecule has 62 heavy (non-hydrogen) atoms. The number of nitro groups is 2. The summed E-state index contributed by atoms with van der Waals surface area (Å²) in [6.07, 6.45) is -3.12. The van der Waals surface area contributed by atoms with Gasteiger partial charge in [0, 0.05) is 48.4 Å². The van der Waals surface area contributed by atoms with Crippen LogP contribution in [0.1, 0.15) is 35.4 Å². The molecule has 16 nitrogen and oxygen atoms in total. The molecule has 3 aromatic carbocycles. The van der Waals surface area contributed by atoms with Crippen molar-refractivity contribution in [2.45, 2.75) is 30.4 Å². The van der Waals surface area contributed by atoms with Crippen LogP contribution in [0, 0.1) is 43.9 Å². The average Bonchev–Trinajstić information content (AvgIpc) is 3.58. The number of nitro benzene ring substituents is 2. The first-order valence-electron chi connectivity index (χ1n) is 18.5. The summed E-state index contributed by atoms with van der Waals surface area (Å²) < 4.78 is 40.6. The molecule has 1 aromatic heterocycles. The predicted octanol–water partition coefficient (Wildman–Crippen LogP) is 7.84. The Morgan fingerprint density at radius 1 is 0.887 bits per heavy atom. The lowest BCUT2D eigenvalue weighted by molar-refractivity contribution is -0.392. The third-order valence-corrected chi connectivity index (χ3v) is 12.9. The Balaban J connectivity index is 1.31. The number of pyridine rings is 1. The Morgan fingerprint density at radius 2 is 1.53 bits per heavy atom. The molecule has 6 unspecified atom stereocenters. The highest BCUT2D eigenvalue weighted by Crippen LogP contribution is 2.65. The number of hydrogen-bond acceptors (Lipinski definition) is 12. The van der Waals surface area contributed by atoms with Crippen molar-refractivity contribution in [3.8, 4) is 5.75 Å². The summed E-state index contributed by atoms with van der Waals surface area (Å²) in [4.78, 5) is 87.7. The van der Waals surface area contributed by atoms with Crippen LogP contribution in [0.4, 0.5) is 41.7 Å². The zero-order chi connectivity index (χ0) is 44.9. The summed E-state index contributed by atoms with van der Waals surface area (Å²) in [5, 5.41) is 35.1. The van der Waals surface area contributed by atoms with Crippen LogP contribution in [0.25, 0.3) is 0 Å². The van der Waals surface area contributed by atoms with Crippen LogP contribution in [0.5, 0.6) is 5.75 Å². The summed E-state index contributed by atoms with van der Waals surface area (Å²) in [6.45, 7) is 0. The van der Waals surface area contributed by atoms with Gasteiger partial charge in [-0.25, -0.2) is 9.88 Å². The summed E-state index contributed by atoms with van der Waals surface area (Å²) in [6, 6.07) is 12.3. The van der Waals surface area contributed by atoms with Crippen molar-refractivity contribution < 1.29 is 47.3 Å². The van der Waals surface area contributed by atoms with E-state index in [1.807, 2.05) is 0 Å². The van der Waals surface area contributed by atoms with Gasteiger partial charge < -0.3 is 10.0 Å². The van der Waals surface area contributed by atoms with Crippen LogP contribution < -0.4 is 15.2 Å². The number of phenolic OH excluding ortho intramolecular Hbond substituents is 1. The maximum atomic E-state index is 15.4. The minimum atomic E-state index is -4.83. The largest absolute Gasteiger partial charge is 0.508 e. The molecule has 8 rings (SSSR count). The van der Waals surface area contributed by atoms with Crippen molar-refractivity contribution in [2.24, 2.45) is 23.7 Å². The van der Waals surface area contributed by atoms with Crippen molar-refractivity contribution in [3.63, 3.8) is 0 Å². The Morgan fingerprint density at radius 3 is 2.10 bits per heavy atom. The first-order valence-corrected chi connectivity index (χ1v) is 19.7. The molecule has 0 bridgehead atoms. The Kier molecular flexibility index (Phi) is 10.2. The van der Waals surface area contributed by atoms with Crippen molar-refractivity contribution in [1.29, 1.82) is 0 Å². The van der Waals surface area contributed by atoms with Crippen LogP contribution in [0.2, 0.25) is 15.1 Å². The zero-order valence-electron chi connectivity index (χ0n) is 31.9. The lowest BCUT2D eigenvalue weighted by atomic mass is 9.49. The number of hydrogen-bond donors (Lipinski definition) is 2. The quantitative estimate of drug-likeness (QED) is 0.0750. The van der Waals surface area contributed by atoms with Crippen LogP contribution in [-0.4, -0.2) is 62.7 Å². The number of anilines is 3. The molecule has 0 radical (unpaired) electrons. The number of allylic oxidation sites excluding steroid dienone is 2. The number of aromatic nitrogens is 1. The number of nitrogens with zero attached hydrogens (tertiary/aromatic N) is 6. The number of carbonyl (C=O) groups is 4. The average molecular weight is 915 g/mol. The van der Waals surface area contributed by atoms with E-state index in [0.29, 0.717) is 27.7 Å². The normalized spacial score (nSPS) is 24.4. The van der Waals surface area contributed by atoms with Crippen molar-refractivity contribution >= 4 is 87.0 Å². The van der Waals surface area contributed by atoms with Gasteiger partial charge in [-0.2, -0.15) is 18.2 Å². The summed E-state index contributed by atoms with van der Waals surface area (Å²) in [5.74, 6) is -10.3. The number of fused-ring (bicyclic) bond motifs is 4. The Bertz CT molecular complexity index is 2670. The molecule has 3 fully saturated rings.